The van der Waals surface area contributed by atoms with Gasteiger partial charge in [-0.1, -0.05) is 6.07 Å². The average molecular weight is 269 g/mol. The molecule has 0 radical (unpaired) electrons. The van der Waals surface area contributed by atoms with Crippen LogP contribution < -0.4 is 5.73 Å². The van der Waals surface area contributed by atoms with Gasteiger partial charge in [0.25, 0.3) is 0 Å². The Hall–Kier alpha value is -1.21. The molecule has 1 atom stereocenters. The molecule has 2 nitrogen and oxygen atoms in total. The van der Waals surface area contributed by atoms with Crippen molar-refractivity contribution >= 4 is 0 Å². The third-order valence-corrected chi connectivity index (χ3v) is 2.20. The Balaban J connectivity index is 2.43. The van der Waals surface area contributed by atoms with Crippen LogP contribution in [0, 0.1) is 11.6 Å². The second-order valence-corrected chi connectivity index (χ2v) is 3.73. The van der Waals surface area contributed by atoms with E-state index in [2.05, 4.69) is 4.74 Å². The summed E-state index contributed by atoms with van der Waals surface area (Å²) in [4.78, 5) is 0. The Morgan fingerprint density at radius 3 is 2.44 bits per heavy atom. The van der Waals surface area contributed by atoms with Crippen molar-refractivity contribution in [3.8, 4) is 0 Å². The summed E-state index contributed by atoms with van der Waals surface area (Å²) in [5.74, 6) is -1.56. The molecule has 0 fully saturated rings. The maximum absolute atomic E-state index is 13.3. The van der Waals surface area contributed by atoms with Crippen molar-refractivity contribution in [3.05, 3.63) is 35.4 Å². The molecule has 1 unspecified atom stereocenters. The van der Waals surface area contributed by atoms with Crippen LogP contribution in [0.3, 0.4) is 0 Å². The van der Waals surface area contributed by atoms with E-state index in [0.717, 1.165) is 6.07 Å². The third kappa shape index (κ3) is 4.97. The van der Waals surface area contributed by atoms with E-state index in [4.69, 9.17) is 5.73 Å². The molecule has 0 bridgehead atoms. The van der Waals surface area contributed by atoms with Gasteiger partial charge in [0.15, 0.2) is 0 Å². The molecule has 1 aromatic rings. The van der Waals surface area contributed by atoms with Crippen LogP contribution in [0.25, 0.3) is 0 Å². The van der Waals surface area contributed by atoms with E-state index in [9.17, 15) is 22.0 Å². The molecule has 0 saturated heterocycles. The largest absolute Gasteiger partial charge is 0.411 e. The molecule has 0 heterocycles. The van der Waals surface area contributed by atoms with Gasteiger partial charge in [0.05, 0.1) is 0 Å². The molecule has 102 valence electrons. The van der Waals surface area contributed by atoms with Gasteiger partial charge in [-0.2, -0.15) is 13.2 Å². The second kappa shape index (κ2) is 6.10. The summed E-state index contributed by atoms with van der Waals surface area (Å²) in [5, 5.41) is 0. The highest BCUT2D eigenvalue weighted by molar-refractivity contribution is 5.21. The van der Waals surface area contributed by atoms with Gasteiger partial charge < -0.3 is 10.5 Å². The fourth-order valence-corrected chi connectivity index (χ4v) is 1.36. The molecule has 1 rings (SSSR count). The molecular weight excluding hydrogens is 257 g/mol. The Bertz CT molecular complexity index is 394. The number of ether oxygens (including phenoxy) is 1. The Morgan fingerprint density at radius 2 is 1.89 bits per heavy atom. The molecule has 0 saturated carbocycles. The van der Waals surface area contributed by atoms with Gasteiger partial charge in [0.2, 0.25) is 0 Å². The van der Waals surface area contributed by atoms with Crippen molar-refractivity contribution < 1.29 is 26.7 Å². The Labute approximate surface area is 101 Å². The molecule has 1 aromatic carbocycles. The van der Waals surface area contributed by atoms with Crippen LogP contribution in [-0.4, -0.2) is 19.4 Å². The fourth-order valence-electron chi connectivity index (χ4n) is 1.36. The number of hydrogen-bond acceptors (Lipinski definition) is 2. The van der Waals surface area contributed by atoms with E-state index in [0.29, 0.717) is 6.07 Å². The summed E-state index contributed by atoms with van der Waals surface area (Å²) < 4.78 is 65.5. The summed E-state index contributed by atoms with van der Waals surface area (Å²) >= 11 is 0. The maximum atomic E-state index is 13.3. The number of halogens is 5. The van der Waals surface area contributed by atoms with Crippen LogP contribution in [0.1, 0.15) is 18.0 Å². The van der Waals surface area contributed by atoms with Crippen LogP contribution in [0.2, 0.25) is 0 Å². The predicted molar refractivity (Wildman–Crippen MR) is 54.8 cm³/mol. The minimum absolute atomic E-state index is 0.0125. The van der Waals surface area contributed by atoms with Crippen molar-refractivity contribution in [1.29, 1.82) is 0 Å². The number of alkyl halides is 3. The first-order chi connectivity index (χ1) is 8.29. The molecule has 18 heavy (non-hydrogen) atoms. The smallest absolute Gasteiger partial charge is 0.372 e. The predicted octanol–water partition coefficient (Wildman–Crippen LogP) is 2.93. The zero-order valence-electron chi connectivity index (χ0n) is 9.31. The highest BCUT2D eigenvalue weighted by atomic mass is 19.4. The summed E-state index contributed by atoms with van der Waals surface area (Å²) in [6.07, 6.45) is -4.39. The average Bonchev–Trinajstić information content (AvgIpc) is 2.22. The van der Waals surface area contributed by atoms with Crippen molar-refractivity contribution in [2.45, 2.75) is 18.6 Å². The standard InChI is InChI=1S/C11H12F5NO/c12-7-1-2-8(9(13)5-7)10(17)3-4-18-6-11(14,15)16/h1-2,5,10H,3-4,6,17H2. The van der Waals surface area contributed by atoms with Crippen LogP contribution in [0.5, 0.6) is 0 Å². The zero-order chi connectivity index (χ0) is 13.8. The lowest BCUT2D eigenvalue weighted by Crippen LogP contribution is -2.20. The van der Waals surface area contributed by atoms with Crippen molar-refractivity contribution in [2.75, 3.05) is 13.2 Å². The zero-order valence-corrected chi connectivity index (χ0v) is 9.31. The Morgan fingerprint density at radius 1 is 1.22 bits per heavy atom. The topological polar surface area (TPSA) is 35.2 Å². The lowest BCUT2D eigenvalue weighted by atomic mass is 10.0. The van der Waals surface area contributed by atoms with Gasteiger partial charge in [0, 0.05) is 24.3 Å². The monoisotopic (exact) mass is 269 g/mol. The van der Waals surface area contributed by atoms with Gasteiger partial charge in [-0.15, -0.1) is 0 Å². The normalized spacial score (nSPS) is 13.7. The van der Waals surface area contributed by atoms with E-state index in [1.54, 1.807) is 0 Å². The summed E-state index contributed by atoms with van der Waals surface area (Å²) in [5.41, 5.74) is 5.62. The van der Waals surface area contributed by atoms with Crippen molar-refractivity contribution in [1.82, 2.24) is 0 Å². The van der Waals surface area contributed by atoms with E-state index in [-0.39, 0.29) is 18.6 Å². The summed E-state index contributed by atoms with van der Waals surface area (Å²) in [7, 11) is 0. The minimum atomic E-state index is -4.40. The van der Waals surface area contributed by atoms with Gasteiger partial charge in [0.1, 0.15) is 18.2 Å². The summed E-state index contributed by atoms with van der Waals surface area (Å²) in [6.45, 7) is -1.62. The molecule has 0 aliphatic carbocycles. The van der Waals surface area contributed by atoms with Crippen molar-refractivity contribution in [3.63, 3.8) is 0 Å². The highest BCUT2D eigenvalue weighted by Gasteiger charge is 2.27. The first kappa shape index (κ1) is 14.8. The Kier molecular flexibility index (Phi) is 5.03. The van der Waals surface area contributed by atoms with Crippen molar-refractivity contribution in [2.24, 2.45) is 5.73 Å². The van der Waals surface area contributed by atoms with E-state index in [1.807, 2.05) is 0 Å². The second-order valence-electron chi connectivity index (χ2n) is 3.73. The van der Waals surface area contributed by atoms with Crippen LogP contribution in [-0.2, 0) is 4.74 Å². The number of rotatable bonds is 5. The summed E-state index contributed by atoms with van der Waals surface area (Å²) in [6, 6.07) is 2.04. The van der Waals surface area contributed by atoms with Gasteiger partial charge >= 0.3 is 6.18 Å². The fraction of sp³-hybridized carbons (Fsp3) is 0.455. The molecular formula is C11H12F5NO. The molecule has 0 aliphatic heterocycles. The third-order valence-electron chi connectivity index (χ3n) is 2.20. The molecule has 2 N–H and O–H groups in total. The van der Waals surface area contributed by atoms with Crippen LogP contribution in [0.4, 0.5) is 22.0 Å². The lowest BCUT2D eigenvalue weighted by molar-refractivity contribution is -0.174. The van der Waals surface area contributed by atoms with Gasteiger partial charge in [-0.3, -0.25) is 0 Å². The number of benzene rings is 1. The van der Waals surface area contributed by atoms with Crippen LogP contribution in [0.15, 0.2) is 18.2 Å². The molecule has 0 aromatic heterocycles. The molecule has 7 heteroatoms. The highest BCUT2D eigenvalue weighted by Crippen LogP contribution is 2.20. The maximum Gasteiger partial charge on any atom is 0.411 e. The first-order valence-corrected chi connectivity index (χ1v) is 5.14. The quantitative estimate of drug-likeness (QED) is 0.659. The molecule has 0 amide bonds. The molecule has 0 aliphatic rings. The van der Waals surface area contributed by atoms with E-state index >= 15 is 0 Å². The molecule has 0 spiro atoms. The van der Waals surface area contributed by atoms with Crippen LogP contribution >= 0.6 is 0 Å². The van der Waals surface area contributed by atoms with E-state index in [1.165, 1.54) is 6.07 Å². The van der Waals surface area contributed by atoms with Gasteiger partial charge in [-0.05, 0) is 12.5 Å². The first-order valence-electron chi connectivity index (χ1n) is 5.14. The number of nitrogens with two attached hydrogens (primary N) is 1. The number of hydrogen-bond donors (Lipinski definition) is 1. The lowest BCUT2D eigenvalue weighted by Gasteiger charge is -2.13. The SMILES string of the molecule is NC(CCOCC(F)(F)F)c1ccc(F)cc1F. The van der Waals surface area contributed by atoms with E-state index < -0.39 is 30.5 Å². The van der Waals surface area contributed by atoms with Gasteiger partial charge in [-0.25, -0.2) is 8.78 Å². The minimum Gasteiger partial charge on any atom is -0.372 e.